The summed E-state index contributed by atoms with van der Waals surface area (Å²) >= 11 is 0. The lowest BCUT2D eigenvalue weighted by Gasteiger charge is -2.37. The van der Waals surface area contributed by atoms with Crippen molar-refractivity contribution in [3.8, 4) is 0 Å². The second-order valence-electron chi connectivity index (χ2n) is 7.90. The highest BCUT2D eigenvalue weighted by Gasteiger charge is 2.30. The number of halogens is 2. The Morgan fingerprint density at radius 3 is 2.55 bits per heavy atom. The molecule has 6 heteroatoms. The van der Waals surface area contributed by atoms with Crippen molar-refractivity contribution < 1.29 is 13.9 Å². The highest BCUT2D eigenvalue weighted by molar-refractivity contribution is 5.86. The van der Waals surface area contributed by atoms with Crippen LogP contribution in [0.3, 0.4) is 0 Å². The number of rotatable bonds is 6. The molecule has 164 valence electrons. The molecule has 4 nitrogen and oxygen atoms in total. The van der Waals surface area contributed by atoms with Crippen LogP contribution in [0, 0.1) is 5.82 Å². The van der Waals surface area contributed by atoms with Gasteiger partial charge in [-0.3, -0.25) is 4.79 Å². The summed E-state index contributed by atoms with van der Waals surface area (Å²) in [6, 6.07) is 21.1. The minimum absolute atomic E-state index is 0. The highest BCUT2D eigenvalue weighted by atomic mass is 35.5. The Kier molecular flexibility index (Phi) is 7.65. The number of amides is 1. The van der Waals surface area contributed by atoms with E-state index in [1.165, 1.54) is 28.5 Å². The van der Waals surface area contributed by atoms with Crippen molar-refractivity contribution in [2.45, 2.75) is 32.0 Å². The molecular weight excluding hydrogens is 415 g/mol. The number of hydrogen-bond acceptors (Lipinski definition) is 3. The van der Waals surface area contributed by atoms with Gasteiger partial charge in [0, 0.05) is 19.1 Å². The SMILES string of the molecule is CC(c1ccc(F)cc1)N1CC(CN[C@H](C)c2cccc3ccccc23)OCC1=O.Cl. The second kappa shape index (κ2) is 10.2. The van der Waals surface area contributed by atoms with Crippen LogP contribution in [-0.2, 0) is 9.53 Å². The van der Waals surface area contributed by atoms with Gasteiger partial charge in [-0.05, 0) is 47.9 Å². The topological polar surface area (TPSA) is 41.6 Å². The summed E-state index contributed by atoms with van der Waals surface area (Å²) in [5.41, 5.74) is 2.17. The molecule has 4 rings (SSSR count). The normalized spacial score (nSPS) is 18.5. The Balaban J connectivity index is 0.00000272. The van der Waals surface area contributed by atoms with E-state index < -0.39 is 0 Å². The molecule has 1 saturated heterocycles. The average Bonchev–Trinajstić information content (AvgIpc) is 2.78. The number of benzene rings is 3. The summed E-state index contributed by atoms with van der Waals surface area (Å²) in [4.78, 5) is 14.3. The molecule has 31 heavy (non-hydrogen) atoms. The second-order valence-corrected chi connectivity index (χ2v) is 7.90. The van der Waals surface area contributed by atoms with Gasteiger partial charge in [-0.25, -0.2) is 4.39 Å². The molecule has 1 fully saturated rings. The molecule has 1 amide bonds. The number of nitrogens with zero attached hydrogens (tertiary/aromatic N) is 1. The van der Waals surface area contributed by atoms with E-state index >= 15 is 0 Å². The van der Waals surface area contributed by atoms with E-state index in [0.717, 1.165) is 5.56 Å². The van der Waals surface area contributed by atoms with Crippen LogP contribution >= 0.6 is 12.4 Å². The lowest BCUT2D eigenvalue weighted by molar-refractivity contribution is -0.151. The van der Waals surface area contributed by atoms with Crippen LogP contribution in [0.15, 0.2) is 66.7 Å². The predicted octanol–water partition coefficient (Wildman–Crippen LogP) is 5.04. The Bertz CT molecular complexity index is 1020. The molecule has 0 radical (unpaired) electrons. The van der Waals surface area contributed by atoms with E-state index in [-0.39, 0.29) is 48.9 Å². The zero-order valence-corrected chi connectivity index (χ0v) is 18.6. The number of fused-ring (bicyclic) bond motifs is 1. The standard InChI is InChI=1S/C25H27FN2O2.ClH/c1-17(23-9-5-7-20-6-3-4-8-24(20)23)27-14-22-15-28(25(29)16-30-22)18(2)19-10-12-21(26)13-11-19;/h3-13,17-18,22,27H,14-16H2,1-2H3;1H/t17-,18?,22?;/m1./s1. The van der Waals surface area contributed by atoms with E-state index in [4.69, 9.17) is 4.74 Å². The smallest absolute Gasteiger partial charge is 0.249 e. The summed E-state index contributed by atoms with van der Waals surface area (Å²) < 4.78 is 19.0. The fourth-order valence-corrected chi connectivity index (χ4v) is 4.11. The van der Waals surface area contributed by atoms with Crippen LogP contribution in [0.25, 0.3) is 10.8 Å². The maximum Gasteiger partial charge on any atom is 0.249 e. The number of carbonyl (C=O) groups is 1. The van der Waals surface area contributed by atoms with Gasteiger partial charge < -0.3 is 15.0 Å². The largest absolute Gasteiger partial charge is 0.365 e. The molecule has 3 aromatic carbocycles. The van der Waals surface area contributed by atoms with Crippen molar-refractivity contribution in [3.63, 3.8) is 0 Å². The van der Waals surface area contributed by atoms with E-state index in [0.29, 0.717) is 13.1 Å². The third-order valence-electron chi connectivity index (χ3n) is 5.92. The third-order valence-corrected chi connectivity index (χ3v) is 5.92. The lowest BCUT2D eigenvalue weighted by atomic mass is 9.99. The zero-order chi connectivity index (χ0) is 21.1. The van der Waals surface area contributed by atoms with Crippen LogP contribution in [0.2, 0.25) is 0 Å². The van der Waals surface area contributed by atoms with Crippen LogP contribution < -0.4 is 5.32 Å². The maximum absolute atomic E-state index is 13.2. The summed E-state index contributed by atoms with van der Waals surface area (Å²) in [6.07, 6.45) is -0.0944. The van der Waals surface area contributed by atoms with E-state index in [1.54, 1.807) is 12.1 Å². The Morgan fingerprint density at radius 1 is 1.06 bits per heavy atom. The quantitative estimate of drug-likeness (QED) is 0.581. The average molecular weight is 443 g/mol. The molecule has 1 aliphatic heterocycles. The molecule has 0 saturated carbocycles. The molecule has 1 heterocycles. The first-order valence-corrected chi connectivity index (χ1v) is 10.4. The van der Waals surface area contributed by atoms with Crippen LogP contribution in [-0.4, -0.2) is 36.6 Å². The first-order chi connectivity index (χ1) is 14.5. The van der Waals surface area contributed by atoms with Gasteiger partial charge in [0.05, 0.1) is 12.1 Å². The molecule has 0 bridgehead atoms. The Morgan fingerprint density at radius 2 is 1.77 bits per heavy atom. The molecule has 3 atom stereocenters. The first-order valence-electron chi connectivity index (χ1n) is 10.4. The van der Waals surface area contributed by atoms with Crippen LogP contribution in [0.4, 0.5) is 4.39 Å². The molecular formula is C25H28ClFN2O2. The van der Waals surface area contributed by atoms with Crippen molar-refractivity contribution in [2.24, 2.45) is 0 Å². The van der Waals surface area contributed by atoms with E-state index in [1.807, 2.05) is 17.9 Å². The third kappa shape index (κ3) is 5.24. The molecule has 1 N–H and O–H groups in total. The van der Waals surface area contributed by atoms with Crippen LogP contribution in [0.5, 0.6) is 0 Å². The molecule has 3 aromatic rings. The summed E-state index contributed by atoms with van der Waals surface area (Å²) in [5.74, 6) is -0.311. The van der Waals surface area contributed by atoms with Crippen molar-refractivity contribution in [1.82, 2.24) is 10.2 Å². The van der Waals surface area contributed by atoms with Gasteiger partial charge in [-0.15, -0.1) is 12.4 Å². The molecule has 0 aliphatic carbocycles. The van der Waals surface area contributed by atoms with Gasteiger partial charge in [0.15, 0.2) is 0 Å². The van der Waals surface area contributed by atoms with Gasteiger partial charge in [0.25, 0.3) is 0 Å². The summed E-state index contributed by atoms with van der Waals surface area (Å²) in [6.45, 7) is 5.34. The maximum atomic E-state index is 13.2. The number of morpholine rings is 1. The highest BCUT2D eigenvalue weighted by Crippen LogP contribution is 2.26. The van der Waals surface area contributed by atoms with Crippen molar-refractivity contribution in [2.75, 3.05) is 19.7 Å². The minimum Gasteiger partial charge on any atom is -0.365 e. The molecule has 2 unspecified atom stereocenters. The number of nitrogens with one attached hydrogen (secondary N) is 1. The van der Waals surface area contributed by atoms with Gasteiger partial charge in [0.1, 0.15) is 12.4 Å². The number of ether oxygens (including phenoxy) is 1. The van der Waals surface area contributed by atoms with E-state index in [9.17, 15) is 9.18 Å². The zero-order valence-electron chi connectivity index (χ0n) is 17.8. The lowest BCUT2D eigenvalue weighted by Crippen LogP contribution is -2.50. The predicted molar refractivity (Wildman–Crippen MR) is 124 cm³/mol. The summed E-state index contributed by atoms with van der Waals surface area (Å²) in [5, 5.41) is 6.04. The van der Waals surface area contributed by atoms with Crippen molar-refractivity contribution >= 4 is 29.1 Å². The van der Waals surface area contributed by atoms with E-state index in [2.05, 4.69) is 48.6 Å². The molecule has 1 aliphatic rings. The summed E-state index contributed by atoms with van der Waals surface area (Å²) in [7, 11) is 0. The number of hydrogen-bond donors (Lipinski definition) is 1. The Hall–Kier alpha value is -2.47. The van der Waals surface area contributed by atoms with Gasteiger partial charge in [-0.1, -0.05) is 54.6 Å². The first kappa shape index (κ1) is 23.2. The molecule has 0 aromatic heterocycles. The number of carbonyl (C=O) groups excluding carboxylic acids is 1. The van der Waals surface area contributed by atoms with Crippen LogP contribution in [0.1, 0.15) is 37.1 Å². The molecule has 0 spiro atoms. The van der Waals surface area contributed by atoms with Crippen molar-refractivity contribution in [1.29, 1.82) is 0 Å². The fraction of sp³-hybridized carbons (Fsp3) is 0.320. The van der Waals surface area contributed by atoms with Gasteiger partial charge >= 0.3 is 0 Å². The minimum atomic E-state index is -0.274. The van der Waals surface area contributed by atoms with Gasteiger partial charge in [0.2, 0.25) is 5.91 Å². The fourth-order valence-electron chi connectivity index (χ4n) is 4.11. The van der Waals surface area contributed by atoms with Gasteiger partial charge in [-0.2, -0.15) is 0 Å². The monoisotopic (exact) mass is 442 g/mol. The van der Waals surface area contributed by atoms with Crippen molar-refractivity contribution in [3.05, 3.63) is 83.7 Å². The Labute approximate surface area is 188 Å².